The summed E-state index contributed by atoms with van der Waals surface area (Å²) >= 11 is 0. The van der Waals surface area contributed by atoms with E-state index in [2.05, 4.69) is 73.0 Å². The molecule has 0 fully saturated rings. The highest BCUT2D eigenvalue weighted by Gasteiger charge is 2.27. The number of hydrogen-bond donors (Lipinski definition) is 0. The molecular formula is C20H15N. The molecule has 0 amide bonds. The van der Waals surface area contributed by atoms with Gasteiger partial charge >= 0.3 is 0 Å². The lowest BCUT2D eigenvalue weighted by Gasteiger charge is -2.09. The Hall–Kier alpha value is -2.54. The lowest BCUT2D eigenvalue weighted by atomic mass is 9.96. The zero-order valence-electron chi connectivity index (χ0n) is 12.1. The van der Waals surface area contributed by atoms with Crippen molar-refractivity contribution in [2.75, 3.05) is 0 Å². The van der Waals surface area contributed by atoms with Crippen LogP contribution in [0, 0.1) is 13.8 Å². The number of pyridine rings is 1. The number of aryl methyl sites for hydroxylation is 2. The lowest BCUT2D eigenvalue weighted by molar-refractivity contribution is 1.21. The van der Waals surface area contributed by atoms with Crippen LogP contribution in [0.25, 0.3) is 38.7 Å². The molecule has 0 aliphatic heterocycles. The molecular weight excluding hydrogens is 254 g/mol. The molecule has 0 atom stereocenters. The van der Waals surface area contributed by atoms with Gasteiger partial charge in [0.25, 0.3) is 0 Å². The van der Waals surface area contributed by atoms with Gasteiger partial charge in [0.1, 0.15) is 0 Å². The molecule has 2 aromatic heterocycles. The third kappa shape index (κ3) is 1.18. The summed E-state index contributed by atoms with van der Waals surface area (Å²) in [4.78, 5) is 0. The minimum Gasteiger partial charge on any atom is -0.315 e. The van der Waals surface area contributed by atoms with E-state index >= 15 is 0 Å². The van der Waals surface area contributed by atoms with Crippen molar-refractivity contribution in [1.82, 2.24) is 4.40 Å². The predicted octanol–water partition coefficient (Wildman–Crippen LogP) is 5.36. The van der Waals surface area contributed by atoms with E-state index in [-0.39, 0.29) is 0 Å². The summed E-state index contributed by atoms with van der Waals surface area (Å²) in [6.07, 6.45) is 2.19. The van der Waals surface area contributed by atoms with Crippen molar-refractivity contribution >= 4 is 16.3 Å². The van der Waals surface area contributed by atoms with Gasteiger partial charge in [-0.15, -0.1) is 0 Å². The highest BCUT2D eigenvalue weighted by molar-refractivity contribution is 6.21. The van der Waals surface area contributed by atoms with Crippen LogP contribution < -0.4 is 0 Å². The van der Waals surface area contributed by atoms with E-state index < -0.39 is 0 Å². The van der Waals surface area contributed by atoms with Gasteiger partial charge in [-0.25, -0.2) is 0 Å². The largest absolute Gasteiger partial charge is 0.315 e. The van der Waals surface area contributed by atoms with E-state index in [1.54, 1.807) is 0 Å². The van der Waals surface area contributed by atoms with Crippen LogP contribution in [0.3, 0.4) is 0 Å². The number of hydrogen-bond acceptors (Lipinski definition) is 0. The van der Waals surface area contributed by atoms with Gasteiger partial charge in [0.2, 0.25) is 0 Å². The van der Waals surface area contributed by atoms with Gasteiger partial charge in [0.15, 0.2) is 0 Å². The Morgan fingerprint density at radius 2 is 1.52 bits per heavy atom. The zero-order chi connectivity index (χ0) is 14.1. The summed E-state index contributed by atoms with van der Waals surface area (Å²) in [5.41, 5.74) is 9.58. The second kappa shape index (κ2) is 3.56. The molecule has 1 heteroatoms. The monoisotopic (exact) mass is 269 g/mol. The molecule has 1 aliphatic carbocycles. The second-order valence-corrected chi connectivity index (χ2v) is 5.99. The van der Waals surface area contributed by atoms with Crippen molar-refractivity contribution in [3.05, 3.63) is 65.9 Å². The molecule has 1 aliphatic rings. The minimum absolute atomic E-state index is 1.32. The molecule has 5 rings (SSSR count). The van der Waals surface area contributed by atoms with Crippen molar-refractivity contribution in [2.24, 2.45) is 0 Å². The van der Waals surface area contributed by atoms with Gasteiger partial charge in [-0.05, 0) is 48.2 Å². The normalized spacial score (nSPS) is 12.3. The molecule has 2 aromatic carbocycles. The Balaban J connectivity index is 2.19. The van der Waals surface area contributed by atoms with Crippen LogP contribution in [0.2, 0.25) is 0 Å². The Kier molecular flexibility index (Phi) is 1.89. The van der Waals surface area contributed by atoms with Crippen LogP contribution in [0.1, 0.15) is 11.1 Å². The molecule has 0 unspecified atom stereocenters. The van der Waals surface area contributed by atoms with E-state index in [4.69, 9.17) is 0 Å². The number of rotatable bonds is 0. The number of benzene rings is 2. The quantitative estimate of drug-likeness (QED) is 0.356. The van der Waals surface area contributed by atoms with Crippen LogP contribution in [-0.2, 0) is 0 Å². The molecule has 0 spiro atoms. The van der Waals surface area contributed by atoms with E-state index in [0.717, 1.165) is 0 Å². The Morgan fingerprint density at radius 3 is 2.38 bits per heavy atom. The molecule has 21 heavy (non-hydrogen) atoms. The molecule has 4 aromatic rings. The molecule has 1 nitrogen and oxygen atoms in total. The molecule has 0 N–H and O–H groups in total. The first-order valence-electron chi connectivity index (χ1n) is 7.40. The molecule has 0 bridgehead atoms. The first kappa shape index (κ1) is 11.2. The summed E-state index contributed by atoms with van der Waals surface area (Å²) in [5.74, 6) is 0. The van der Waals surface area contributed by atoms with Crippen molar-refractivity contribution in [1.29, 1.82) is 0 Å². The summed E-state index contributed by atoms with van der Waals surface area (Å²) in [6, 6.07) is 17.6. The van der Waals surface area contributed by atoms with Crippen LogP contribution in [0.15, 0.2) is 54.7 Å². The maximum absolute atomic E-state index is 2.35. The molecule has 0 radical (unpaired) electrons. The maximum Gasteiger partial charge on any atom is 0.0620 e. The fourth-order valence-electron chi connectivity index (χ4n) is 4.04. The molecule has 100 valence electrons. The van der Waals surface area contributed by atoms with Crippen molar-refractivity contribution in [3.8, 4) is 22.4 Å². The summed E-state index contributed by atoms with van der Waals surface area (Å²) < 4.78 is 2.35. The third-order valence-electron chi connectivity index (χ3n) is 4.77. The van der Waals surface area contributed by atoms with Crippen molar-refractivity contribution < 1.29 is 0 Å². The molecule has 0 saturated carbocycles. The van der Waals surface area contributed by atoms with Gasteiger partial charge in [0, 0.05) is 22.5 Å². The maximum atomic E-state index is 2.35. The Bertz CT molecular complexity index is 1050. The summed E-state index contributed by atoms with van der Waals surface area (Å²) in [5, 5.41) is 2.84. The Labute approximate surface area is 123 Å². The Morgan fingerprint density at radius 1 is 0.762 bits per heavy atom. The summed E-state index contributed by atoms with van der Waals surface area (Å²) in [7, 11) is 0. The van der Waals surface area contributed by atoms with Gasteiger partial charge in [-0.2, -0.15) is 0 Å². The SMILES string of the molecule is Cc1cc(C)c2c3c1-c1ccccc1-c3n1ccccc21. The van der Waals surface area contributed by atoms with E-state index in [0.29, 0.717) is 0 Å². The van der Waals surface area contributed by atoms with Crippen LogP contribution in [-0.4, -0.2) is 4.40 Å². The fraction of sp³-hybridized carbons (Fsp3) is 0.100. The van der Waals surface area contributed by atoms with Gasteiger partial charge in [-0.1, -0.05) is 36.4 Å². The highest BCUT2D eigenvalue weighted by Crippen LogP contribution is 2.51. The second-order valence-electron chi connectivity index (χ2n) is 5.99. The average molecular weight is 269 g/mol. The fourth-order valence-corrected chi connectivity index (χ4v) is 4.04. The van der Waals surface area contributed by atoms with E-state index in [1.807, 2.05) is 0 Å². The third-order valence-corrected chi connectivity index (χ3v) is 4.77. The highest BCUT2D eigenvalue weighted by atomic mass is 14.9. The summed E-state index contributed by atoms with van der Waals surface area (Å²) in [6.45, 7) is 4.46. The van der Waals surface area contributed by atoms with Gasteiger partial charge < -0.3 is 4.40 Å². The number of nitrogens with zero attached hydrogens (tertiary/aromatic N) is 1. The molecule has 2 heterocycles. The van der Waals surface area contributed by atoms with Gasteiger partial charge in [-0.3, -0.25) is 0 Å². The first-order valence-corrected chi connectivity index (χ1v) is 7.40. The van der Waals surface area contributed by atoms with Crippen LogP contribution >= 0.6 is 0 Å². The van der Waals surface area contributed by atoms with Crippen LogP contribution in [0.4, 0.5) is 0 Å². The lowest BCUT2D eigenvalue weighted by Crippen LogP contribution is -1.88. The molecule has 0 saturated heterocycles. The van der Waals surface area contributed by atoms with Gasteiger partial charge in [0.05, 0.1) is 11.2 Å². The smallest absolute Gasteiger partial charge is 0.0620 e. The standard InChI is InChI=1S/C20H15N/c1-12-11-13(2)18-16-9-5-6-10-21(16)20-15-8-4-3-7-14(15)17(12)19(18)20/h3-11H,1-2H3. The number of aromatic nitrogens is 1. The van der Waals surface area contributed by atoms with E-state index in [9.17, 15) is 0 Å². The predicted molar refractivity (Wildman–Crippen MR) is 88.8 cm³/mol. The first-order chi connectivity index (χ1) is 10.3. The van der Waals surface area contributed by atoms with Crippen LogP contribution in [0.5, 0.6) is 0 Å². The topological polar surface area (TPSA) is 4.41 Å². The average Bonchev–Trinajstić information content (AvgIpc) is 2.99. The van der Waals surface area contributed by atoms with E-state index in [1.165, 1.54) is 49.8 Å². The zero-order valence-corrected chi connectivity index (χ0v) is 12.1. The van der Waals surface area contributed by atoms with Crippen molar-refractivity contribution in [3.63, 3.8) is 0 Å². The van der Waals surface area contributed by atoms with Crippen molar-refractivity contribution in [2.45, 2.75) is 13.8 Å². The minimum atomic E-state index is 1.32. The number of fused-ring (bicyclic) bond motifs is 6.